The van der Waals surface area contributed by atoms with E-state index in [-0.39, 0.29) is 0 Å². The van der Waals surface area contributed by atoms with Gasteiger partial charge in [0.25, 0.3) is 0 Å². The van der Waals surface area contributed by atoms with Crippen molar-refractivity contribution >= 4 is 5.71 Å². The van der Waals surface area contributed by atoms with Gasteiger partial charge in [0.2, 0.25) is 0 Å². The number of benzene rings is 2. The highest BCUT2D eigenvalue weighted by Gasteiger charge is 2.07. The lowest BCUT2D eigenvalue weighted by molar-refractivity contribution is 0.213. The summed E-state index contributed by atoms with van der Waals surface area (Å²) in [7, 11) is 1.57. The Bertz CT molecular complexity index is 817. The van der Waals surface area contributed by atoms with Crippen LogP contribution in [0.15, 0.2) is 53.7 Å². The summed E-state index contributed by atoms with van der Waals surface area (Å²) >= 11 is 0. The Morgan fingerprint density at radius 1 is 1.03 bits per heavy atom. The molecule has 0 aliphatic heterocycles. The lowest BCUT2D eigenvalue weighted by Gasteiger charge is -2.14. The lowest BCUT2D eigenvalue weighted by atomic mass is 10.0. The van der Waals surface area contributed by atoms with Crippen molar-refractivity contribution in [3.8, 4) is 11.5 Å². The van der Waals surface area contributed by atoms with Gasteiger partial charge in [0, 0.05) is 0 Å². The summed E-state index contributed by atoms with van der Waals surface area (Å²) < 4.78 is 11.8. The van der Waals surface area contributed by atoms with E-state index in [1.807, 2.05) is 38.1 Å². The smallest absolute Gasteiger partial charge is 0.125 e. The van der Waals surface area contributed by atoms with Crippen LogP contribution in [-0.4, -0.2) is 26.0 Å². The van der Waals surface area contributed by atoms with Gasteiger partial charge in [-0.3, -0.25) is 0 Å². The molecule has 2 rings (SSSR count). The molecule has 29 heavy (non-hydrogen) atoms. The molecule has 0 amide bonds. The van der Waals surface area contributed by atoms with E-state index in [9.17, 15) is 0 Å². The van der Waals surface area contributed by atoms with Crippen LogP contribution in [0.25, 0.3) is 0 Å². The Labute approximate surface area is 175 Å². The van der Waals surface area contributed by atoms with Crippen LogP contribution in [0.5, 0.6) is 11.5 Å². The van der Waals surface area contributed by atoms with Gasteiger partial charge in [-0.1, -0.05) is 35.5 Å². The van der Waals surface area contributed by atoms with Crippen molar-refractivity contribution in [1.82, 2.24) is 0 Å². The van der Waals surface area contributed by atoms with E-state index >= 15 is 0 Å². The number of unbranched alkanes of at least 4 members (excludes halogenated alkanes) is 1. The minimum absolute atomic E-state index is 0.591. The first-order chi connectivity index (χ1) is 14.0. The number of hydrogen-bond acceptors (Lipinski definition) is 4. The average Bonchev–Trinajstić information content (AvgIpc) is 2.70. The van der Waals surface area contributed by atoms with E-state index < -0.39 is 0 Å². The fourth-order valence-corrected chi connectivity index (χ4v) is 3.21. The Morgan fingerprint density at radius 2 is 1.79 bits per heavy atom. The van der Waals surface area contributed by atoms with E-state index in [1.165, 1.54) is 5.56 Å². The van der Waals surface area contributed by atoms with Crippen LogP contribution < -0.4 is 9.47 Å². The monoisotopic (exact) mass is 395 g/mol. The maximum atomic E-state index is 6.07. The SMILES string of the molecule is C/C=C/COc1cc(C)c(OCCCCc2cccc(/C(C)=N/OC)c2)c(C)c1. The van der Waals surface area contributed by atoms with Gasteiger partial charge in [-0.25, -0.2) is 0 Å². The molecule has 4 heteroatoms. The zero-order chi connectivity index (χ0) is 21.1. The molecule has 0 spiro atoms. The quantitative estimate of drug-likeness (QED) is 0.202. The fraction of sp³-hybridized carbons (Fsp3) is 0.400. The summed E-state index contributed by atoms with van der Waals surface area (Å²) in [6.45, 7) is 9.39. The highest BCUT2D eigenvalue weighted by molar-refractivity contribution is 5.98. The number of ether oxygens (including phenoxy) is 2. The first-order valence-corrected chi connectivity index (χ1v) is 10.2. The largest absolute Gasteiger partial charge is 0.493 e. The van der Waals surface area contributed by atoms with Gasteiger partial charge in [-0.15, -0.1) is 0 Å². The van der Waals surface area contributed by atoms with Crippen molar-refractivity contribution < 1.29 is 14.3 Å². The summed E-state index contributed by atoms with van der Waals surface area (Å²) in [6.07, 6.45) is 7.09. The first kappa shape index (κ1) is 22.5. The van der Waals surface area contributed by atoms with Crippen molar-refractivity contribution in [2.45, 2.75) is 47.0 Å². The number of rotatable bonds is 11. The molecule has 0 fully saturated rings. The minimum Gasteiger partial charge on any atom is -0.493 e. The lowest BCUT2D eigenvalue weighted by Crippen LogP contribution is -2.03. The van der Waals surface area contributed by atoms with Crippen LogP contribution >= 0.6 is 0 Å². The molecular weight excluding hydrogens is 362 g/mol. The van der Waals surface area contributed by atoms with Crippen LogP contribution in [-0.2, 0) is 11.3 Å². The molecule has 156 valence electrons. The summed E-state index contributed by atoms with van der Waals surface area (Å²) in [5.41, 5.74) is 5.52. The number of oxime groups is 1. The zero-order valence-corrected chi connectivity index (χ0v) is 18.3. The number of allylic oxidation sites excluding steroid dienone is 1. The molecule has 0 N–H and O–H groups in total. The topological polar surface area (TPSA) is 40.0 Å². The third-order valence-corrected chi connectivity index (χ3v) is 4.69. The third-order valence-electron chi connectivity index (χ3n) is 4.69. The molecule has 0 heterocycles. The molecule has 0 atom stereocenters. The van der Waals surface area contributed by atoms with Gasteiger partial charge < -0.3 is 14.3 Å². The number of aryl methyl sites for hydroxylation is 3. The second-order valence-corrected chi connectivity index (χ2v) is 7.13. The van der Waals surface area contributed by atoms with E-state index in [0.717, 1.165) is 53.2 Å². The van der Waals surface area contributed by atoms with Crippen molar-refractivity contribution in [3.05, 3.63) is 70.8 Å². The summed E-state index contributed by atoms with van der Waals surface area (Å²) in [5, 5.41) is 4.01. The number of hydrogen-bond donors (Lipinski definition) is 0. The highest BCUT2D eigenvalue weighted by atomic mass is 16.6. The van der Waals surface area contributed by atoms with E-state index in [2.05, 4.69) is 43.3 Å². The Kier molecular flexibility index (Phi) is 9.29. The average molecular weight is 396 g/mol. The van der Waals surface area contributed by atoms with Crippen LogP contribution in [0.1, 0.15) is 48.9 Å². The van der Waals surface area contributed by atoms with Gasteiger partial charge in [0.15, 0.2) is 0 Å². The second-order valence-electron chi connectivity index (χ2n) is 7.13. The molecular formula is C25H33NO3. The molecule has 0 radical (unpaired) electrons. The molecule has 0 aliphatic carbocycles. The molecule has 0 unspecified atom stereocenters. The second kappa shape index (κ2) is 11.9. The predicted molar refractivity (Wildman–Crippen MR) is 120 cm³/mol. The van der Waals surface area contributed by atoms with Crippen LogP contribution in [0.2, 0.25) is 0 Å². The number of nitrogens with zero attached hydrogens (tertiary/aromatic N) is 1. The van der Waals surface area contributed by atoms with Crippen molar-refractivity contribution in [1.29, 1.82) is 0 Å². The van der Waals surface area contributed by atoms with Crippen LogP contribution in [0.4, 0.5) is 0 Å². The predicted octanol–water partition coefficient (Wildman–Crippen LogP) is 6.03. The maximum absolute atomic E-state index is 6.07. The Hall–Kier alpha value is -2.75. The minimum atomic E-state index is 0.591. The maximum Gasteiger partial charge on any atom is 0.125 e. The summed E-state index contributed by atoms with van der Waals surface area (Å²) in [4.78, 5) is 4.86. The molecule has 0 aliphatic rings. The molecule has 4 nitrogen and oxygen atoms in total. The van der Waals surface area contributed by atoms with E-state index in [4.69, 9.17) is 14.3 Å². The van der Waals surface area contributed by atoms with Gasteiger partial charge in [-0.2, -0.15) is 0 Å². The third kappa shape index (κ3) is 7.30. The fourth-order valence-electron chi connectivity index (χ4n) is 3.21. The molecule has 2 aromatic carbocycles. The Morgan fingerprint density at radius 3 is 2.48 bits per heavy atom. The van der Waals surface area contributed by atoms with Crippen LogP contribution in [0, 0.1) is 13.8 Å². The van der Waals surface area contributed by atoms with Gasteiger partial charge in [0.05, 0.1) is 12.3 Å². The summed E-state index contributed by atoms with van der Waals surface area (Å²) in [6, 6.07) is 12.6. The molecule has 0 saturated carbocycles. The molecule has 0 aromatic heterocycles. The highest BCUT2D eigenvalue weighted by Crippen LogP contribution is 2.28. The zero-order valence-electron chi connectivity index (χ0n) is 18.3. The first-order valence-electron chi connectivity index (χ1n) is 10.2. The van der Waals surface area contributed by atoms with E-state index in [1.54, 1.807) is 7.11 Å². The van der Waals surface area contributed by atoms with Crippen molar-refractivity contribution in [2.75, 3.05) is 20.3 Å². The molecule has 0 bridgehead atoms. The normalized spacial score (nSPS) is 11.7. The van der Waals surface area contributed by atoms with Gasteiger partial charge in [0.1, 0.15) is 25.2 Å². The molecule has 0 saturated heterocycles. The van der Waals surface area contributed by atoms with Gasteiger partial charge in [-0.05, 0) is 87.4 Å². The summed E-state index contributed by atoms with van der Waals surface area (Å²) in [5.74, 6) is 1.86. The van der Waals surface area contributed by atoms with Crippen molar-refractivity contribution in [2.24, 2.45) is 5.16 Å². The Balaban J connectivity index is 1.82. The van der Waals surface area contributed by atoms with E-state index in [0.29, 0.717) is 13.2 Å². The van der Waals surface area contributed by atoms with Gasteiger partial charge >= 0.3 is 0 Å². The van der Waals surface area contributed by atoms with Crippen molar-refractivity contribution in [3.63, 3.8) is 0 Å². The molecule has 2 aromatic rings. The van der Waals surface area contributed by atoms with Crippen LogP contribution in [0.3, 0.4) is 0 Å². The standard InChI is InChI=1S/C25H33NO3/c1-6-7-14-28-24-16-19(2)25(20(3)17-24)29-15-9-8-11-22-12-10-13-23(18-22)21(4)26-27-5/h6-7,10,12-13,16-18H,8-9,11,14-15H2,1-5H3/b7-6+,26-21+.